The van der Waals surface area contributed by atoms with Crippen LogP contribution in [0.15, 0.2) is 48.5 Å². The van der Waals surface area contributed by atoms with Crippen LogP contribution in [0.3, 0.4) is 0 Å². The number of amides is 2. The molecular weight excluding hydrogens is 356 g/mol. The van der Waals surface area contributed by atoms with Crippen LogP contribution in [0.2, 0.25) is 0 Å². The van der Waals surface area contributed by atoms with E-state index in [0.29, 0.717) is 24.1 Å². The van der Waals surface area contributed by atoms with E-state index in [1.54, 1.807) is 18.2 Å². The highest BCUT2D eigenvalue weighted by molar-refractivity contribution is 6.17. The molecule has 0 aliphatic heterocycles. The molecule has 0 bridgehead atoms. The first kappa shape index (κ1) is 19.6. The maximum atomic E-state index is 12.9. The molecule has 28 heavy (non-hydrogen) atoms. The summed E-state index contributed by atoms with van der Waals surface area (Å²) in [4.78, 5) is 37.3. The van der Waals surface area contributed by atoms with Gasteiger partial charge < -0.3 is 15.4 Å². The molecule has 2 aromatic rings. The van der Waals surface area contributed by atoms with Crippen LogP contribution < -0.4 is 10.6 Å². The van der Waals surface area contributed by atoms with Crippen LogP contribution >= 0.6 is 0 Å². The lowest BCUT2D eigenvalue weighted by Crippen LogP contribution is -2.36. The number of carbonyl (C=O) groups is 3. The maximum Gasteiger partial charge on any atom is 0.337 e. The van der Waals surface area contributed by atoms with Crippen molar-refractivity contribution in [1.82, 2.24) is 0 Å². The Balaban J connectivity index is 1.74. The number of nitrogens with one attached hydrogen (secondary N) is 2. The van der Waals surface area contributed by atoms with Gasteiger partial charge in [0.25, 0.3) is 0 Å². The van der Waals surface area contributed by atoms with Crippen molar-refractivity contribution >= 4 is 29.2 Å². The zero-order valence-corrected chi connectivity index (χ0v) is 16.2. The molecule has 6 heteroatoms. The number of esters is 1. The van der Waals surface area contributed by atoms with Gasteiger partial charge in [0.1, 0.15) is 5.41 Å². The number of benzene rings is 2. The second-order valence-corrected chi connectivity index (χ2v) is 7.30. The van der Waals surface area contributed by atoms with Crippen LogP contribution in [0.25, 0.3) is 0 Å². The van der Waals surface area contributed by atoms with Gasteiger partial charge in [0.15, 0.2) is 0 Å². The highest BCUT2D eigenvalue weighted by Crippen LogP contribution is 2.47. The molecular formula is C22H24N2O4. The Kier molecular flexibility index (Phi) is 5.49. The van der Waals surface area contributed by atoms with Crippen LogP contribution in [0.1, 0.15) is 48.5 Å². The number of methoxy groups -OCH3 is 1. The highest BCUT2D eigenvalue weighted by Gasteiger charge is 2.56. The molecule has 1 aliphatic rings. The predicted molar refractivity (Wildman–Crippen MR) is 107 cm³/mol. The summed E-state index contributed by atoms with van der Waals surface area (Å²) in [7, 11) is 1.30. The van der Waals surface area contributed by atoms with Gasteiger partial charge >= 0.3 is 5.97 Å². The zero-order valence-electron chi connectivity index (χ0n) is 16.2. The number of hydrogen-bond acceptors (Lipinski definition) is 4. The molecule has 6 nitrogen and oxygen atoms in total. The lowest BCUT2D eigenvalue weighted by Gasteiger charge is -2.18. The molecule has 0 unspecified atom stereocenters. The molecule has 0 radical (unpaired) electrons. The van der Waals surface area contributed by atoms with E-state index < -0.39 is 11.4 Å². The summed E-state index contributed by atoms with van der Waals surface area (Å²) in [5.74, 6) is -0.905. The smallest absolute Gasteiger partial charge is 0.337 e. The van der Waals surface area contributed by atoms with Gasteiger partial charge in [-0.25, -0.2) is 4.79 Å². The lowest BCUT2D eigenvalue weighted by molar-refractivity contribution is -0.131. The van der Waals surface area contributed by atoms with E-state index in [1.807, 2.05) is 24.3 Å². The molecule has 2 N–H and O–H groups in total. The molecule has 2 aromatic carbocycles. The van der Waals surface area contributed by atoms with Crippen LogP contribution in [0.4, 0.5) is 11.4 Å². The zero-order chi connectivity index (χ0) is 20.3. The maximum absolute atomic E-state index is 12.9. The fourth-order valence-electron chi connectivity index (χ4n) is 3.13. The largest absolute Gasteiger partial charge is 0.465 e. The average Bonchev–Trinajstić information content (AvgIpc) is 3.50. The van der Waals surface area contributed by atoms with E-state index >= 15 is 0 Å². The summed E-state index contributed by atoms with van der Waals surface area (Å²) in [6.07, 6.45) is 0.983. The molecule has 146 valence electrons. The molecule has 0 saturated heterocycles. The minimum absolute atomic E-state index is 0.251. The number of para-hydroxylation sites is 1. The lowest BCUT2D eigenvalue weighted by atomic mass is 9.99. The van der Waals surface area contributed by atoms with Crippen molar-refractivity contribution in [2.45, 2.75) is 32.6 Å². The average molecular weight is 380 g/mol. The van der Waals surface area contributed by atoms with Crippen LogP contribution in [-0.4, -0.2) is 24.9 Å². The first-order chi connectivity index (χ1) is 13.4. The van der Waals surface area contributed by atoms with E-state index in [4.69, 9.17) is 4.74 Å². The summed E-state index contributed by atoms with van der Waals surface area (Å²) in [5.41, 5.74) is 1.47. The monoisotopic (exact) mass is 380 g/mol. The molecule has 1 aliphatic carbocycles. The Labute approximate surface area is 164 Å². The molecule has 1 saturated carbocycles. The quantitative estimate of drug-likeness (QED) is 0.587. The highest BCUT2D eigenvalue weighted by atomic mass is 16.5. The third-order valence-electron chi connectivity index (χ3n) is 4.99. The third-order valence-corrected chi connectivity index (χ3v) is 4.99. The second kappa shape index (κ2) is 7.84. The van der Waals surface area contributed by atoms with E-state index in [0.717, 1.165) is 11.3 Å². The van der Waals surface area contributed by atoms with Gasteiger partial charge in [-0.05, 0) is 48.6 Å². The van der Waals surface area contributed by atoms with Crippen molar-refractivity contribution in [2.75, 3.05) is 17.7 Å². The Morgan fingerprint density at radius 3 is 2.29 bits per heavy atom. The fourth-order valence-corrected chi connectivity index (χ4v) is 3.13. The van der Waals surface area contributed by atoms with Crippen molar-refractivity contribution in [3.63, 3.8) is 0 Å². The summed E-state index contributed by atoms with van der Waals surface area (Å²) in [6.45, 7) is 4.11. The molecule has 2 amide bonds. The van der Waals surface area contributed by atoms with E-state index in [1.165, 1.54) is 13.2 Å². The van der Waals surface area contributed by atoms with E-state index in [9.17, 15) is 14.4 Å². The van der Waals surface area contributed by atoms with Crippen LogP contribution in [0, 0.1) is 5.41 Å². The first-order valence-corrected chi connectivity index (χ1v) is 9.27. The number of rotatable bonds is 6. The molecule has 1 fully saturated rings. The van der Waals surface area contributed by atoms with Crippen molar-refractivity contribution in [3.8, 4) is 0 Å². The van der Waals surface area contributed by atoms with Crippen molar-refractivity contribution in [1.29, 1.82) is 0 Å². The first-order valence-electron chi connectivity index (χ1n) is 9.27. The predicted octanol–water partition coefficient (Wildman–Crippen LogP) is 3.95. The topological polar surface area (TPSA) is 84.5 Å². The summed E-state index contributed by atoms with van der Waals surface area (Å²) < 4.78 is 4.70. The van der Waals surface area contributed by atoms with Gasteiger partial charge in [-0.1, -0.05) is 38.1 Å². The number of ether oxygens (including phenoxy) is 1. The number of carbonyl (C=O) groups excluding carboxylic acids is 3. The minimum atomic E-state index is -1.08. The normalized spacial score (nSPS) is 14.3. The Hall–Kier alpha value is -3.15. The van der Waals surface area contributed by atoms with Gasteiger partial charge in [0.2, 0.25) is 11.8 Å². The number of hydrogen-bond donors (Lipinski definition) is 2. The Bertz CT molecular complexity index is 916. The standard InChI is InChI=1S/C22H24N2O4/c1-14(2)17-9-4-5-10-18(17)24-21(27)22(11-12-22)20(26)23-16-8-6-7-15(13-16)19(25)28-3/h4-10,13-14H,11-12H2,1-3H3,(H,23,26)(H,24,27). The van der Waals surface area contributed by atoms with Gasteiger partial charge in [0.05, 0.1) is 12.7 Å². The van der Waals surface area contributed by atoms with E-state index in [-0.39, 0.29) is 17.7 Å². The van der Waals surface area contributed by atoms with Crippen LogP contribution in [-0.2, 0) is 14.3 Å². The van der Waals surface area contributed by atoms with Crippen molar-refractivity contribution < 1.29 is 19.1 Å². The van der Waals surface area contributed by atoms with Gasteiger partial charge in [-0.15, -0.1) is 0 Å². The number of anilines is 2. The Morgan fingerprint density at radius 2 is 1.64 bits per heavy atom. The van der Waals surface area contributed by atoms with Gasteiger partial charge in [-0.2, -0.15) is 0 Å². The summed E-state index contributed by atoms with van der Waals surface area (Å²) >= 11 is 0. The third kappa shape index (κ3) is 3.91. The molecule has 3 rings (SSSR count). The second-order valence-electron chi connectivity index (χ2n) is 7.30. The van der Waals surface area contributed by atoms with Crippen molar-refractivity contribution in [2.24, 2.45) is 5.41 Å². The molecule has 0 heterocycles. The fraction of sp³-hybridized carbons (Fsp3) is 0.318. The molecule has 0 spiro atoms. The summed E-state index contributed by atoms with van der Waals surface area (Å²) in [6, 6.07) is 14.1. The minimum Gasteiger partial charge on any atom is -0.465 e. The molecule has 0 atom stereocenters. The van der Waals surface area contributed by atoms with Gasteiger partial charge in [0, 0.05) is 11.4 Å². The SMILES string of the molecule is COC(=O)c1cccc(NC(=O)C2(C(=O)Nc3ccccc3C(C)C)CC2)c1. The van der Waals surface area contributed by atoms with Crippen LogP contribution in [0.5, 0.6) is 0 Å². The Morgan fingerprint density at radius 1 is 0.964 bits per heavy atom. The van der Waals surface area contributed by atoms with Gasteiger partial charge in [-0.3, -0.25) is 9.59 Å². The molecule has 0 aromatic heterocycles. The summed E-state index contributed by atoms with van der Waals surface area (Å²) in [5, 5.41) is 5.69. The van der Waals surface area contributed by atoms with Crippen molar-refractivity contribution in [3.05, 3.63) is 59.7 Å². The van der Waals surface area contributed by atoms with E-state index in [2.05, 4.69) is 24.5 Å².